The van der Waals surface area contributed by atoms with Crippen molar-refractivity contribution in [2.24, 2.45) is 5.92 Å². The van der Waals surface area contributed by atoms with E-state index in [-0.39, 0.29) is 0 Å². The zero-order chi connectivity index (χ0) is 11.7. The fourth-order valence-electron chi connectivity index (χ4n) is 3.98. The van der Waals surface area contributed by atoms with Crippen LogP contribution in [0.15, 0.2) is 81.5 Å². The van der Waals surface area contributed by atoms with E-state index < -0.39 is 0 Å². The van der Waals surface area contributed by atoms with Crippen molar-refractivity contribution in [1.82, 2.24) is 0 Å². The Balaban J connectivity index is 1.69. The van der Waals surface area contributed by atoms with Crippen LogP contribution < -0.4 is 0 Å². The van der Waals surface area contributed by atoms with E-state index >= 15 is 0 Å². The molecule has 0 aromatic rings. The minimum Gasteiger partial charge on any atom is -0.0757 e. The largest absolute Gasteiger partial charge is 0.0757 e. The maximum absolute atomic E-state index is 2.48. The molecule has 1 fully saturated rings. The molecule has 0 saturated heterocycles. The van der Waals surface area contributed by atoms with Gasteiger partial charge in [0.15, 0.2) is 0 Å². The molecule has 0 N–H and O–H groups in total. The lowest BCUT2D eigenvalue weighted by atomic mass is 9.87. The van der Waals surface area contributed by atoms with Gasteiger partial charge >= 0.3 is 0 Å². The van der Waals surface area contributed by atoms with Crippen LogP contribution >= 0.6 is 0 Å². The van der Waals surface area contributed by atoms with E-state index in [0.717, 1.165) is 6.42 Å². The Kier molecular flexibility index (Phi) is 1.50. The van der Waals surface area contributed by atoms with Gasteiger partial charge < -0.3 is 0 Å². The van der Waals surface area contributed by atoms with Gasteiger partial charge in [0.2, 0.25) is 0 Å². The third kappa shape index (κ3) is 0.978. The van der Waals surface area contributed by atoms with Gasteiger partial charge in [-0.25, -0.2) is 0 Å². The second-order valence-electron chi connectivity index (χ2n) is 5.76. The van der Waals surface area contributed by atoms with E-state index in [1.807, 2.05) is 0 Å². The van der Waals surface area contributed by atoms with Crippen LogP contribution in [0.25, 0.3) is 0 Å². The Morgan fingerprint density at radius 2 is 1.89 bits per heavy atom. The molecule has 0 aliphatic heterocycles. The fourth-order valence-corrected chi connectivity index (χ4v) is 3.98. The summed E-state index contributed by atoms with van der Waals surface area (Å²) in [4.78, 5) is 0. The molecule has 4 bridgehead atoms. The molecule has 0 aromatic carbocycles. The number of hydrogen-bond donors (Lipinski definition) is 0. The van der Waals surface area contributed by atoms with Crippen LogP contribution in [0.3, 0.4) is 0 Å². The molecule has 0 heterocycles. The Morgan fingerprint density at radius 1 is 0.944 bits per heavy atom. The zero-order valence-electron chi connectivity index (χ0n) is 10.2. The highest BCUT2D eigenvalue weighted by atomic mass is 14.4. The Bertz CT molecular complexity index is 696. The van der Waals surface area contributed by atoms with Gasteiger partial charge in [0.25, 0.3) is 0 Å². The van der Waals surface area contributed by atoms with E-state index in [0.29, 0.717) is 5.92 Å². The molecule has 0 heteroatoms. The number of hydrogen-bond acceptors (Lipinski definition) is 0. The molecule has 5 aliphatic carbocycles. The van der Waals surface area contributed by atoms with E-state index in [1.165, 1.54) is 24.0 Å². The van der Waals surface area contributed by atoms with Crippen LogP contribution in [0.4, 0.5) is 0 Å². The lowest BCUT2D eigenvalue weighted by molar-refractivity contribution is 0.943. The fraction of sp³-hybridized carbons (Fsp3) is 0.222. The van der Waals surface area contributed by atoms with Gasteiger partial charge in [-0.1, -0.05) is 48.1 Å². The van der Waals surface area contributed by atoms with Gasteiger partial charge in [-0.2, -0.15) is 0 Å². The van der Waals surface area contributed by atoms with Gasteiger partial charge in [0, 0.05) is 5.92 Å². The maximum atomic E-state index is 2.48. The molecule has 0 radical (unpaired) electrons. The quantitative estimate of drug-likeness (QED) is 0.581. The molecular formula is C18H14. The number of allylic oxidation sites excluding steroid dienone is 14. The zero-order valence-corrected chi connectivity index (χ0v) is 10.2. The average Bonchev–Trinajstić information content (AvgIpc) is 3.06. The summed E-state index contributed by atoms with van der Waals surface area (Å²) < 4.78 is 0. The molecule has 1 atom stereocenters. The first-order chi connectivity index (χ1) is 8.90. The predicted octanol–water partition coefficient (Wildman–Crippen LogP) is 4.33. The molecule has 0 aromatic heterocycles. The van der Waals surface area contributed by atoms with Crippen LogP contribution in [0.5, 0.6) is 0 Å². The first-order valence-corrected chi connectivity index (χ1v) is 6.82. The van der Waals surface area contributed by atoms with Crippen molar-refractivity contribution in [2.45, 2.75) is 19.3 Å². The van der Waals surface area contributed by atoms with Crippen molar-refractivity contribution in [1.29, 1.82) is 0 Å². The van der Waals surface area contributed by atoms with Crippen molar-refractivity contribution in [2.75, 3.05) is 0 Å². The van der Waals surface area contributed by atoms with Crippen molar-refractivity contribution in [3.8, 4) is 0 Å². The summed E-state index contributed by atoms with van der Waals surface area (Å²) in [6, 6.07) is 0. The Hall–Kier alpha value is -1.82. The molecule has 18 heavy (non-hydrogen) atoms. The van der Waals surface area contributed by atoms with Crippen LogP contribution in [-0.2, 0) is 0 Å². The van der Waals surface area contributed by atoms with Crippen molar-refractivity contribution >= 4 is 0 Å². The molecule has 0 nitrogen and oxygen atoms in total. The standard InChI is InChI=1S/C18H14/c1-2-12-9-11(1)15-5-6-17-13-3-4-14(10-13)18(17)8-7-16(12)15/h1-7,15H,8-10H2/b6-5-,16-7-. The highest BCUT2D eigenvalue weighted by Crippen LogP contribution is 2.49. The molecule has 1 saturated carbocycles. The second-order valence-corrected chi connectivity index (χ2v) is 5.76. The summed E-state index contributed by atoms with van der Waals surface area (Å²) in [6.45, 7) is 0. The van der Waals surface area contributed by atoms with E-state index in [9.17, 15) is 0 Å². The number of rotatable bonds is 0. The van der Waals surface area contributed by atoms with Crippen LogP contribution in [0, 0.1) is 5.92 Å². The SMILES string of the molecule is C1=CC2=C3C/C=C4/C5=CC=C(C5)C4/C=C\C3=C1C2. The molecule has 86 valence electrons. The summed E-state index contributed by atoms with van der Waals surface area (Å²) in [5.74, 6) is 0.577. The monoisotopic (exact) mass is 230 g/mol. The topological polar surface area (TPSA) is 0 Å². The van der Waals surface area contributed by atoms with E-state index in [4.69, 9.17) is 0 Å². The van der Waals surface area contributed by atoms with Gasteiger partial charge in [-0.15, -0.1) is 0 Å². The first kappa shape index (κ1) is 9.16. The molecule has 5 aliphatic rings. The Morgan fingerprint density at radius 3 is 2.89 bits per heavy atom. The summed E-state index contributed by atoms with van der Waals surface area (Å²) in [6.07, 6.45) is 20.0. The summed E-state index contributed by atoms with van der Waals surface area (Å²) >= 11 is 0. The number of fused-ring (bicyclic) bond motifs is 8. The molecule has 5 rings (SSSR count). The van der Waals surface area contributed by atoms with E-state index in [2.05, 4.69) is 42.5 Å². The highest BCUT2D eigenvalue weighted by Gasteiger charge is 2.33. The Labute approximate surface area is 107 Å². The van der Waals surface area contributed by atoms with Gasteiger partial charge in [0.1, 0.15) is 0 Å². The van der Waals surface area contributed by atoms with Crippen LogP contribution in [0.1, 0.15) is 19.3 Å². The van der Waals surface area contributed by atoms with Crippen LogP contribution in [0.2, 0.25) is 0 Å². The van der Waals surface area contributed by atoms with Gasteiger partial charge in [-0.3, -0.25) is 0 Å². The first-order valence-electron chi connectivity index (χ1n) is 6.82. The molecule has 0 amide bonds. The average molecular weight is 230 g/mol. The molecule has 0 spiro atoms. The van der Waals surface area contributed by atoms with Gasteiger partial charge in [-0.05, 0) is 52.7 Å². The summed E-state index contributed by atoms with van der Waals surface area (Å²) in [7, 11) is 0. The van der Waals surface area contributed by atoms with Crippen molar-refractivity contribution in [3.63, 3.8) is 0 Å². The summed E-state index contributed by atoms with van der Waals surface area (Å²) in [5.41, 5.74) is 10.9. The van der Waals surface area contributed by atoms with Gasteiger partial charge in [0.05, 0.1) is 0 Å². The minimum absolute atomic E-state index is 0.577. The van der Waals surface area contributed by atoms with Crippen LogP contribution in [-0.4, -0.2) is 0 Å². The lowest BCUT2D eigenvalue weighted by Crippen LogP contribution is -2.02. The minimum atomic E-state index is 0.577. The third-order valence-corrected chi connectivity index (χ3v) is 4.91. The normalized spacial score (nSPS) is 34.9. The molecular weight excluding hydrogens is 216 g/mol. The maximum Gasteiger partial charge on any atom is 0.0237 e. The highest BCUT2D eigenvalue weighted by molar-refractivity contribution is 5.67. The third-order valence-electron chi connectivity index (χ3n) is 4.91. The smallest absolute Gasteiger partial charge is 0.0237 e. The second kappa shape index (κ2) is 2.95. The van der Waals surface area contributed by atoms with Crippen molar-refractivity contribution < 1.29 is 0 Å². The lowest BCUT2D eigenvalue weighted by Gasteiger charge is -2.17. The van der Waals surface area contributed by atoms with E-state index in [1.54, 1.807) is 27.9 Å². The molecule has 1 unspecified atom stereocenters. The van der Waals surface area contributed by atoms with Crippen molar-refractivity contribution in [3.05, 3.63) is 81.5 Å². The summed E-state index contributed by atoms with van der Waals surface area (Å²) in [5, 5.41) is 0. The predicted molar refractivity (Wildman–Crippen MR) is 73.9 cm³/mol.